The fourth-order valence-corrected chi connectivity index (χ4v) is 5.34. The molecule has 1 fully saturated rings. The second kappa shape index (κ2) is 16.9. The summed E-state index contributed by atoms with van der Waals surface area (Å²) in [5.74, 6) is 0. The number of carbonyl (C=O) groups excluding carboxylic acids is 1. The van der Waals surface area contributed by atoms with Crippen molar-refractivity contribution in [3.05, 3.63) is 144 Å². The highest BCUT2D eigenvalue weighted by atomic mass is 16.6. The minimum Gasteiger partial charge on any atom is -0.450 e. The number of hydrogen-bond acceptors (Lipinski definition) is 7. The molecule has 0 spiro atoms. The van der Waals surface area contributed by atoms with E-state index in [1.54, 1.807) is 6.92 Å². The molecule has 8 heteroatoms. The lowest BCUT2D eigenvalue weighted by atomic mass is 9.96. The van der Waals surface area contributed by atoms with Gasteiger partial charge in [-0.3, -0.25) is 4.90 Å². The molecule has 1 aliphatic heterocycles. The van der Waals surface area contributed by atoms with Crippen LogP contribution in [0.3, 0.4) is 0 Å². The van der Waals surface area contributed by atoms with Gasteiger partial charge in [0.15, 0.2) is 6.23 Å². The third-order valence-electron chi connectivity index (χ3n) is 7.60. The highest BCUT2D eigenvalue weighted by Crippen LogP contribution is 2.31. The van der Waals surface area contributed by atoms with Gasteiger partial charge in [0.25, 0.3) is 0 Å². The maximum atomic E-state index is 13.4. The molecular formula is C37H41NO7. The first-order valence-electron chi connectivity index (χ1n) is 15.4. The van der Waals surface area contributed by atoms with E-state index in [-0.39, 0.29) is 33.0 Å². The van der Waals surface area contributed by atoms with Crippen LogP contribution in [0.15, 0.2) is 121 Å². The Balaban J connectivity index is 1.45. The zero-order valence-corrected chi connectivity index (χ0v) is 25.5. The molecule has 8 nitrogen and oxygen atoms in total. The van der Waals surface area contributed by atoms with Crippen molar-refractivity contribution >= 4 is 6.09 Å². The molecule has 1 aliphatic rings. The summed E-state index contributed by atoms with van der Waals surface area (Å²) >= 11 is 0. The molecule has 0 radical (unpaired) electrons. The van der Waals surface area contributed by atoms with Gasteiger partial charge in [0.05, 0.1) is 39.6 Å². The topological polar surface area (TPSA) is 86.7 Å². The molecular weight excluding hydrogens is 570 g/mol. The predicted molar refractivity (Wildman–Crippen MR) is 170 cm³/mol. The number of ether oxygens (including phenoxy) is 5. The third kappa shape index (κ3) is 9.23. The van der Waals surface area contributed by atoms with Crippen LogP contribution in [-0.4, -0.2) is 60.0 Å². The maximum Gasteiger partial charge on any atom is 0.412 e. The van der Waals surface area contributed by atoms with Gasteiger partial charge in [-0.1, -0.05) is 121 Å². The van der Waals surface area contributed by atoms with Crippen LogP contribution in [0.5, 0.6) is 0 Å². The van der Waals surface area contributed by atoms with Crippen LogP contribution in [0, 0.1) is 0 Å². The predicted octanol–water partition coefficient (Wildman–Crippen LogP) is 6.12. The fourth-order valence-electron chi connectivity index (χ4n) is 5.34. The summed E-state index contributed by atoms with van der Waals surface area (Å²) in [6, 6.07) is 38.9. The number of amides is 1. The molecule has 0 aromatic heterocycles. The standard InChI is InChI=1S/C37H41NO7/c1-2-42-37(40)38(23-28-15-7-3-8-16-28)36-33(39)35(44-26-31-21-13-6-14-22-31)34(43-25-30-19-11-5-12-20-30)32(45-36)27-41-24-29-17-9-4-10-18-29/h3-22,32-36,39H,2,23-27H2,1H3/t32-,33-,34-,35-,36-/m1/s1. The number of carbonyl (C=O) groups is 1. The lowest BCUT2D eigenvalue weighted by Crippen LogP contribution is -2.65. The Morgan fingerprint density at radius 3 is 1.67 bits per heavy atom. The lowest BCUT2D eigenvalue weighted by Gasteiger charge is -2.47. The summed E-state index contributed by atoms with van der Waals surface area (Å²) in [5.41, 5.74) is 3.79. The van der Waals surface area contributed by atoms with Gasteiger partial charge >= 0.3 is 6.09 Å². The van der Waals surface area contributed by atoms with Crippen LogP contribution in [0.2, 0.25) is 0 Å². The van der Waals surface area contributed by atoms with Gasteiger partial charge in [-0.25, -0.2) is 4.79 Å². The van der Waals surface area contributed by atoms with Crippen molar-refractivity contribution in [2.24, 2.45) is 0 Å². The van der Waals surface area contributed by atoms with Gasteiger partial charge in [0.2, 0.25) is 0 Å². The average Bonchev–Trinajstić information content (AvgIpc) is 3.08. The van der Waals surface area contributed by atoms with Crippen LogP contribution in [0.4, 0.5) is 4.79 Å². The van der Waals surface area contributed by atoms with Crippen LogP contribution in [0.1, 0.15) is 29.2 Å². The number of rotatable bonds is 14. The molecule has 0 bridgehead atoms. The monoisotopic (exact) mass is 611 g/mol. The molecule has 1 heterocycles. The summed E-state index contributed by atoms with van der Waals surface area (Å²) in [5, 5.41) is 11.9. The zero-order valence-electron chi connectivity index (χ0n) is 25.5. The van der Waals surface area contributed by atoms with Crippen molar-refractivity contribution in [3.8, 4) is 0 Å². The first kappa shape index (κ1) is 32.3. The third-order valence-corrected chi connectivity index (χ3v) is 7.60. The second-order valence-corrected chi connectivity index (χ2v) is 10.9. The molecule has 0 unspecified atom stereocenters. The van der Waals surface area contributed by atoms with Crippen LogP contribution >= 0.6 is 0 Å². The molecule has 4 aromatic rings. The van der Waals surface area contributed by atoms with Gasteiger partial charge in [-0.05, 0) is 29.2 Å². The van der Waals surface area contributed by atoms with Crippen molar-refractivity contribution < 1.29 is 33.6 Å². The zero-order chi connectivity index (χ0) is 31.3. The van der Waals surface area contributed by atoms with Gasteiger partial charge in [-0.2, -0.15) is 0 Å². The van der Waals surface area contributed by atoms with E-state index < -0.39 is 36.7 Å². The van der Waals surface area contributed by atoms with E-state index in [0.29, 0.717) is 6.61 Å². The Bertz CT molecular complexity index is 1410. The Labute approximate surface area is 265 Å². The maximum absolute atomic E-state index is 13.4. The molecule has 1 amide bonds. The molecule has 1 saturated heterocycles. The fraction of sp³-hybridized carbons (Fsp3) is 0.324. The van der Waals surface area contributed by atoms with Crippen molar-refractivity contribution in [1.82, 2.24) is 4.90 Å². The van der Waals surface area contributed by atoms with Gasteiger partial charge in [0, 0.05) is 0 Å². The first-order valence-corrected chi connectivity index (χ1v) is 15.4. The number of nitrogens with zero attached hydrogens (tertiary/aromatic N) is 1. The van der Waals surface area contributed by atoms with E-state index in [9.17, 15) is 9.90 Å². The highest BCUT2D eigenvalue weighted by Gasteiger charge is 2.50. The van der Waals surface area contributed by atoms with Gasteiger partial charge in [-0.15, -0.1) is 0 Å². The molecule has 236 valence electrons. The lowest BCUT2D eigenvalue weighted by molar-refractivity contribution is -0.285. The Kier molecular flexibility index (Phi) is 12.1. The normalized spacial score (nSPS) is 21.2. The largest absolute Gasteiger partial charge is 0.450 e. The molecule has 5 atom stereocenters. The van der Waals surface area contributed by atoms with Crippen molar-refractivity contribution in [2.75, 3.05) is 13.2 Å². The SMILES string of the molecule is CCOC(=O)N(Cc1ccccc1)[C@@H]1O[C@H](COCc2ccccc2)[C@@H](OCc2ccccc2)[C@H](OCc2ccccc2)[C@H]1O. The van der Waals surface area contributed by atoms with Crippen molar-refractivity contribution in [2.45, 2.75) is 63.9 Å². The summed E-state index contributed by atoms with van der Waals surface area (Å²) in [7, 11) is 0. The van der Waals surface area contributed by atoms with E-state index in [0.717, 1.165) is 22.3 Å². The quantitative estimate of drug-likeness (QED) is 0.184. The smallest absolute Gasteiger partial charge is 0.412 e. The number of aliphatic hydroxyl groups excluding tert-OH is 1. The molecule has 45 heavy (non-hydrogen) atoms. The van der Waals surface area contributed by atoms with Crippen LogP contribution < -0.4 is 0 Å². The van der Waals surface area contributed by atoms with Crippen molar-refractivity contribution in [3.63, 3.8) is 0 Å². The number of aliphatic hydroxyl groups is 1. The summed E-state index contributed by atoms with van der Waals surface area (Å²) in [4.78, 5) is 14.8. The summed E-state index contributed by atoms with van der Waals surface area (Å²) in [6.07, 6.45) is -5.19. The molecule has 0 saturated carbocycles. The second-order valence-electron chi connectivity index (χ2n) is 10.9. The average molecular weight is 612 g/mol. The van der Waals surface area contributed by atoms with Crippen LogP contribution in [-0.2, 0) is 50.0 Å². The minimum absolute atomic E-state index is 0.144. The Morgan fingerprint density at radius 1 is 0.689 bits per heavy atom. The van der Waals surface area contributed by atoms with Gasteiger partial charge < -0.3 is 28.8 Å². The molecule has 1 N–H and O–H groups in total. The van der Waals surface area contributed by atoms with E-state index in [4.69, 9.17) is 23.7 Å². The molecule has 4 aromatic carbocycles. The summed E-state index contributed by atoms with van der Waals surface area (Å²) in [6.45, 7) is 3.10. The van der Waals surface area contributed by atoms with E-state index in [1.807, 2.05) is 121 Å². The number of benzene rings is 4. The van der Waals surface area contributed by atoms with E-state index in [2.05, 4.69) is 0 Å². The minimum atomic E-state index is -1.26. The van der Waals surface area contributed by atoms with Crippen LogP contribution in [0.25, 0.3) is 0 Å². The number of hydrogen-bond donors (Lipinski definition) is 1. The first-order chi connectivity index (χ1) is 22.1. The summed E-state index contributed by atoms with van der Waals surface area (Å²) < 4.78 is 31.1. The Morgan fingerprint density at radius 2 is 1.16 bits per heavy atom. The Hall–Kier alpha value is -4.05. The highest BCUT2D eigenvalue weighted by molar-refractivity contribution is 5.68. The van der Waals surface area contributed by atoms with E-state index >= 15 is 0 Å². The molecule has 5 rings (SSSR count). The van der Waals surface area contributed by atoms with Crippen molar-refractivity contribution in [1.29, 1.82) is 0 Å². The van der Waals surface area contributed by atoms with Gasteiger partial charge in [0.1, 0.15) is 24.4 Å². The van der Waals surface area contributed by atoms with E-state index in [1.165, 1.54) is 4.90 Å². The molecule has 0 aliphatic carbocycles.